The van der Waals surface area contributed by atoms with Crippen LogP contribution < -0.4 is 20.9 Å². The van der Waals surface area contributed by atoms with Gasteiger partial charge in [-0.2, -0.15) is 0 Å². The van der Waals surface area contributed by atoms with Gasteiger partial charge in [-0.25, -0.2) is 4.79 Å². The van der Waals surface area contributed by atoms with Gasteiger partial charge in [0.05, 0.1) is 11.4 Å². The number of carbonyl (C=O) groups excluding carboxylic acids is 3. The van der Waals surface area contributed by atoms with Gasteiger partial charge in [-0.15, -0.1) is 0 Å². The molecule has 32 heavy (non-hydrogen) atoms. The highest BCUT2D eigenvalue weighted by molar-refractivity contribution is 6.10. The van der Waals surface area contributed by atoms with Gasteiger partial charge in [0.2, 0.25) is 11.8 Å². The molecule has 4 rings (SSSR count). The van der Waals surface area contributed by atoms with Crippen molar-refractivity contribution in [3.05, 3.63) is 60.2 Å². The minimum absolute atomic E-state index is 0.0951. The fourth-order valence-electron chi connectivity index (χ4n) is 4.51. The van der Waals surface area contributed by atoms with E-state index in [-0.39, 0.29) is 24.4 Å². The molecule has 1 fully saturated rings. The number of benzene rings is 2. The van der Waals surface area contributed by atoms with E-state index >= 15 is 0 Å². The Hall–Kier alpha value is -3.35. The van der Waals surface area contributed by atoms with Gasteiger partial charge in [0.25, 0.3) is 0 Å². The van der Waals surface area contributed by atoms with Crippen molar-refractivity contribution < 1.29 is 14.4 Å². The molecule has 4 amide bonds. The van der Waals surface area contributed by atoms with Crippen LogP contribution in [0.1, 0.15) is 38.2 Å². The minimum Gasteiger partial charge on any atom is -0.351 e. The van der Waals surface area contributed by atoms with Crippen LogP contribution in [0.15, 0.2) is 54.6 Å². The molecule has 1 heterocycles. The summed E-state index contributed by atoms with van der Waals surface area (Å²) in [4.78, 5) is 40.0. The zero-order valence-electron chi connectivity index (χ0n) is 18.3. The Bertz CT molecular complexity index is 978. The van der Waals surface area contributed by atoms with Crippen molar-refractivity contribution in [1.29, 1.82) is 0 Å². The Balaban J connectivity index is 1.52. The Morgan fingerprint density at radius 3 is 2.56 bits per heavy atom. The number of urea groups is 1. The largest absolute Gasteiger partial charge is 0.351 e. The molecule has 1 aliphatic heterocycles. The average molecular weight is 435 g/mol. The van der Waals surface area contributed by atoms with Gasteiger partial charge in [0.1, 0.15) is 12.6 Å². The third-order valence-electron chi connectivity index (χ3n) is 6.35. The molecule has 2 aromatic rings. The predicted molar refractivity (Wildman–Crippen MR) is 124 cm³/mol. The lowest BCUT2D eigenvalue weighted by atomic mass is 9.85. The Morgan fingerprint density at radius 2 is 1.78 bits per heavy atom. The summed E-state index contributed by atoms with van der Waals surface area (Å²) in [6.07, 6.45) is 4.72. The molecular formula is C25H30N4O3. The van der Waals surface area contributed by atoms with Gasteiger partial charge < -0.3 is 16.0 Å². The smallest absolute Gasteiger partial charge is 0.323 e. The van der Waals surface area contributed by atoms with Gasteiger partial charge in [-0.05, 0) is 36.5 Å². The van der Waals surface area contributed by atoms with E-state index in [0.29, 0.717) is 23.7 Å². The number of amides is 4. The number of hydrogen-bond donors (Lipinski definition) is 3. The zero-order valence-corrected chi connectivity index (χ0v) is 18.3. The average Bonchev–Trinajstić information content (AvgIpc) is 2.80. The Labute approximate surface area is 188 Å². The summed E-state index contributed by atoms with van der Waals surface area (Å²) in [5, 5.41) is 8.85. The second-order valence-corrected chi connectivity index (χ2v) is 8.72. The minimum atomic E-state index is -0.740. The third kappa shape index (κ3) is 5.10. The topological polar surface area (TPSA) is 90.5 Å². The lowest BCUT2D eigenvalue weighted by molar-refractivity contribution is -0.124. The van der Waals surface area contributed by atoms with E-state index in [2.05, 4.69) is 22.9 Å². The maximum absolute atomic E-state index is 13.3. The normalized spacial score (nSPS) is 21.2. The van der Waals surface area contributed by atoms with E-state index in [4.69, 9.17) is 0 Å². The first-order valence-corrected chi connectivity index (χ1v) is 11.3. The Morgan fingerprint density at radius 1 is 1.06 bits per heavy atom. The number of fused-ring (bicyclic) bond motifs is 1. The molecule has 0 spiro atoms. The number of para-hydroxylation sites is 2. The first kappa shape index (κ1) is 21.9. The van der Waals surface area contributed by atoms with Gasteiger partial charge in [-0.3, -0.25) is 14.5 Å². The van der Waals surface area contributed by atoms with Crippen molar-refractivity contribution in [2.45, 2.75) is 51.1 Å². The third-order valence-corrected chi connectivity index (χ3v) is 6.35. The standard InChI is InChI=1S/C25H30N4O3/c1-17-9-5-6-12-19(17)27-24(31)21(15-18-10-3-2-4-11-18)28-25(32)29-16-23(30)26-20-13-7-8-14-22(20)29/h2-4,7-8,10-11,13-14,17,19,21H,5-6,9,12,15-16H2,1H3,(H,26,30)(H,27,31)(H,28,32)/t17-,19+,21-/m1/s1. The summed E-state index contributed by atoms with van der Waals surface area (Å²) in [5.41, 5.74) is 2.16. The zero-order chi connectivity index (χ0) is 22.5. The van der Waals surface area contributed by atoms with Gasteiger partial charge in [0.15, 0.2) is 0 Å². The Kier molecular flexibility index (Phi) is 6.73. The summed E-state index contributed by atoms with van der Waals surface area (Å²) in [6.45, 7) is 2.07. The van der Waals surface area contributed by atoms with Crippen LogP contribution in [0, 0.1) is 5.92 Å². The molecule has 168 valence electrons. The van der Waals surface area contributed by atoms with Gasteiger partial charge in [0, 0.05) is 12.5 Å². The predicted octanol–water partition coefficient (Wildman–Crippen LogP) is 3.46. The monoisotopic (exact) mass is 434 g/mol. The molecule has 1 saturated carbocycles. The molecule has 7 heteroatoms. The molecule has 2 aromatic carbocycles. The molecule has 2 aliphatic rings. The highest BCUT2D eigenvalue weighted by Gasteiger charge is 2.31. The van der Waals surface area contributed by atoms with E-state index in [0.717, 1.165) is 24.8 Å². The molecule has 0 unspecified atom stereocenters. The van der Waals surface area contributed by atoms with Crippen LogP contribution in [0.4, 0.5) is 16.2 Å². The molecule has 0 aromatic heterocycles. The fraction of sp³-hybridized carbons (Fsp3) is 0.400. The van der Waals surface area contributed by atoms with Crippen molar-refractivity contribution in [3.8, 4) is 0 Å². The maximum Gasteiger partial charge on any atom is 0.323 e. The van der Waals surface area contributed by atoms with Crippen molar-refractivity contribution in [1.82, 2.24) is 10.6 Å². The summed E-state index contributed by atoms with van der Waals surface area (Å²) in [5.74, 6) is -0.0342. The van der Waals surface area contributed by atoms with E-state index in [9.17, 15) is 14.4 Å². The molecule has 0 bridgehead atoms. The van der Waals surface area contributed by atoms with Crippen molar-refractivity contribution >= 4 is 29.2 Å². The van der Waals surface area contributed by atoms with E-state index in [1.54, 1.807) is 18.2 Å². The van der Waals surface area contributed by atoms with Crippen LogP contribution in [0.3, 0.4) is 0 Å². The summed E-state index contributed by atoms with van der Waals surface area (Å²) in [7, 11) is 0. The molecule has 1 aliphatic carbocycles. The van der Waals surface area contributed by atoms with Crippen LogP contribution in [0.2, 0.25) is 0 Å². The summed E-state index contributed by atoms with van der Waals surface area (Å²) >= 11 is 0. The highest BCUT2D eigenvalue weighted by Crippen LogP contribution is 2.29. The molecule has 0 radical (unpaired) electrons. The number of rotatable bonds is 5. The maximum atomic E-state index is 13.3. The van der Waals surface area contributed by atoms with Gasteiger partial charge >= 0.3 is 6.03 Å². The molecule has 7 nitrogen and oxygen atoms in total. The molecule has 3 atom stereocenters. The van der Waals surface area contributed by atoms with Crippen molar-refractivity contribution in [2.24, 2.45) is 5.92 Å². The lowest BCUT2D eigenvalue weighted by Gasteiger charge is -2.33. The lowest BCUT2D eigenvalue weighted by Crippen LogP contribution is -2.56. The van der Waals surface area contributed by atoms with Crippen molar-refractivity contribution in [2.75, 3.05) is 16.8 Å². The molecule has 3 N–H and O–H groups in total. The first-order valence-electron chi connectivity index (χ1n) is 11.3. The van der Waals surface area contributed by atoms with E-state index in [1.807, 2.05) is 36.4 Å². The second-order valence-electron chi connectivity index (χ2n) is 8.72. The SMILES string of the molecule is C[C@@H]1CCCC[C@@H]1NC(=O)[C@@H](Cc1ccccc1)NC(=O)N1CC(=O)Nc2ccccc21. The quantitative estimate of drug-likeness (QED) is 0.673. The number of nitrogens with zero attached hydrogens (tertiary/aromatic N) is 1. The van der Waals surface area contributed by atoms with E-state index < -0.39 is 12.1 Å². The van der Waals surface area contributed by atoms with Gasteiger partial charge in [-0.1, -0.05) is 62.2 Å². The van der Waals surface area contributed by atoms with Crippen LogP contribution >= 0.6 is 0 Å². The molecule has 0 saturated heterocycles. The summed E-state index contributed by atoms with van der Waals surface area (Å²) < 4.78 is 0. The number of hydrogen-bond acceptors (Lipinski definition) is 3. The highest BCUT2D eigenvalue weighted by atomic mass is 16.2. The van der Waals surface area contributed by atoms with Crippen molar-refractivity contribution in [3.63, 3.8) is 0 Å². The number of nitrogens with one attached hydrogen (secondary N) is 3. The van der Waals surface area contributed by atoms with Crippen LogP contribution in [0.25, 0.3) is 0 Å². The first-order chi connectivity index (χ1) is 15.5. The van der Waals surface area contributed by atoms with Crippen LogP contribution in [-0.2, 0) is 16.0 Å². The number of carbonyl (C=O) groups is 3. The van der Waals surface area contributed by atoms with Crippen LogP contribution in [-0.4, -0.2) is 36.5 Å². The molecular weight excluding hydrogens is 404 g/mol. The summed E-state index contributed by atoms with van der Waals surface area (Å²) in [6, 6.07) is 15.7. The fourth-order valence-corrected chi connectivity index (χ4v) is 4.51. The second kappa shape index (κ2) is 9.85. The van der Waals surface area contributed by atoms with E-state index in [1.165, 1.54) is 11.3 Å². The van der Waals surface area contributed by atoms with Crippen LogP contribution in [0.5, 0.6) is 0 Å². The number of anilines is 2.